The first kappa shape index (κ1) is 14.6. The molecule has 1 N–H and O–H groups in total. The van der Waals surface area contributed by atoms with Gasteiger partial charge in [-0.1, -0.05) is 13.8 Å². The van der Waals surface area contributed by atoms with Crippen LogP contribution in [0.2, 0.25) is 0 Å². The molecule has 3 saturated carbocycles. The second kappa shape index (κ2) is 4.53. The van der Waals surface area contributed by atoms with E-state index in [1.165, 1.54) is 0 Å². The molecule has 3 fully saturated rings. The Morgan fingerprint density at radius 3 is 2.55 bits per heavy atom. The van der Waals surface area contributed by atoms with Crippen molar-refractivity contribution in [2.75, 3.05) is 0 Å². The molecule has 0 bridgehead atoms. The summed E-state index contributed by atoms with van der Waals surface area (Å²) in [5.74, 6) is 2.01. The van der Waals surface area contributed by atoms with Crippen molar-refractivity contribution in [3.05, 3.63) is 11.6 Å². The summed E-state index contributed by atoms with van der Waals surface area (Å²) in [6, 6.07) is 0. The molecule has 3 heteroatoms. The Morgan fingerprint density at radius 1 is 1.05 bits per heavy atom. The van der Waals surface area contributed by atoms with Crippen LogP contribution in [0.4, 0.5) is 0 Å². The van der Waals surface area contributed by atoms with Crippen LogP contribution in [0, 0.1) is 28.6 Å². The van der Waals surface area contributed by atoms with Crippen molar-refractivity contribution in [3.8, 4) is 0 Å². The van der Waals surface area contributed by atoms with E-state index in [2.05, 4.69) is 13.8 Å². The number of carbonyl (C=O) groups excluding carboxylic acids is 2. The zero-order chi connectivity index (χ0) is 15.7. The van der Waals surface area contributed by atoms with Crippen molar-refractivity contribution in [2.24, 2.45) is 28.6 Å². The predicted octanol–water partition coefficient (Wildman–Crippen LogP) is 3.06. The fourth-order valence-corrected chi connectivity index (χ4v) is 6.38. The van der Waals surface area contributed by atoms with Gasteiger partial charge in [-0.05, 0) is 66.9 Å². The van der Waals surface area contributed by atoms with Crippen LogP contribution >= 0.6 is 0 Å². The van der Waals surface area contributed by atoms with E-state index in [0.717, 1.165) is 44.1 Å². The smallest absolute Gasteiger partial charge is 0.155 e. The second-order valence-corrected chi connectivity index (χ2v) is 8.53. The van der Waals surface area contributed by atoms with Gasteiger partial charge in [0.15, 0.2) is 5.78 Å². The standard InChI is InChI=1S/C19H26O3/c1-18-7-5-11(20)9-15(18)16(21)10-12-13-3-4-17(22)19(13,2)8-6-14(12)18/h9,12-14,16,21H,3-8,10H2,1-2H3/t12?,13?,14?,16-,18?,19?/m0/s1. The first-order valence-electron chi connectivity index (χ1n) is 8.82. The molecule has 0 spiro atoms. The molecule has 0 aromatic rings. The molecule has 0 aliphatic heterocycles. The minimum Gasteiger partial charge on any atom is -0.389 e. The molecule has 0 heterocycles. The van der Waals surface area contributed by atoms with Gasteiger partial charge in [0, 0.05) is 18.3 Å². The highest BCUT2D eigenvalue weighted by atomic mass is 16.3. The Morgan fingerprint density at radius 2 is 1.77 bits per heavy atom. The summed E-state index contributed by atoms with van der Waals surface area (Å²) in [4.78, 5) is 24.2. The lowest BCUT2D eigenvalue weighted by Gasteiger charge is -2.58. The SMILES string of the molecule is CC12CCC3C(C[C@H](O)C4=CC(=O)CCC43C)C1CCC2=O. The number of rotatable bonds is 0. The van der Waals surface area contributed by atoms with E-state index >= 15 is 0 Å². The van der Waals surface area contributed by atoms with Crippen LogP contribution in [0.25, 0.3) is 0 Å². The maximum atomic E-state index is 12.4. The van der Waals surface area contributed by atoms with Gasteiger partial charge in [-0.15, -0.1) is 0 Å². The fourth-order valence-electron chi connectivity index (χ4n) is 6.38. The second-order valence-electron chi connectivity index (χ2n) is 8.53. The molecule has 4 aliphatic rings. The molecule has 4 rings (SSSR count). The van der Waals surface area contributed by atoms with Crippen LogP contribution in [0.15, 0.2) is 11.6 Å². The maximum absolute atomic E-state index is 12.4. The highest BCUT2D eigenvalue weighted by Crippen LogP contribution is 2.64. The molecule has 22 heavy (non-hydrogen) atoms. The van der Waals surface area contributed by atoms with E-state index in [1.807, 2.05) is 0 Å². The van der Waals surface area contributed by atoms with Gasteiger partial charge in [0.2, 0.25) is 0 Å². The molecule has 0 amide bonds. The van der Waals surface area contributed by atoms with Gasteiger partial charge < -0.3 is 5.11 Å². The maximum Gasteiger partial charge on any atom is 0.155 e. The molecule has 3 nitrogen and oxygen atoms in total. The number of ketones is 2. The van der Waals surface area contributed by atoms with Gasteiger partial charge >= 0.3 is 0 Å². The van der Waals surface area contributed by atoms with Gasteiger partial charge in [0.1, 0.15) is 5.78 Å². The van der Waals surface area contributed by atoms with Crippen molar-refractivity contribution in [1.82, 2.24) is 0 Å². The average molecular weight is 302 g/mol. The summed E-state index contributed by atoms with van der Waals surface area (Å²) < 4.78 is 0. The highest BCUT2D eigenvalue weighted by Gasteiger charge is 2.60. The topological polar surface area (TPSA) is 54.4 Å². The van der Waals surface area contributed by atoms with Crippen LogP contribution in [-0.4, -0.2) is 22.8 Å². The Bertz CT molecular complexity index is 577. The lowest BCUT2D eigenvalue weighted by molar-refractivity contribution is -0.134. The quantitative estimate of drug-likeness (QED) is 0.748. The summed E-state index contributed by atoms with van der Waals surface area (Å²) in [6.07, 6.45) is 7.24. The van der Waals surface area contributed by atoms with Crippen molar-refractivity contribution in [1.29, 1.82) is 0 Å². The normalized spacial score (nSPS) is 51.0. The number of aliphatic hydroxyl groups excluding tert-OH is 1. The molecule has 0 saturated heterocycles. The average Bonchev–Trinajstić information content (AvgIpc) is 2.77. The van der Waals surface area contributed by atoms with Crippen LogP contribution in [0.3, 0.4) is 0 Å². The summed E-state index contributed by atoms with van der Waals surface area (Å²) >= 11 is 0. The van der Waals surface area contributed by atoms with Gasteiger partial charge in [0.05, 0.1) is 6.10 Å². The molecular weight excluding hydrogens is 276 g/mol. The first-order chi connectivity index (χ1) is 10.4. The van der Waals surface area contributed by atoms with Crippen LogP contribution < -0.4 is 0 Å². The molecule has 0 aromatic carbocycles. The molecular formula is C19H26O3. The molecule has 6 atom stereocenters. The lowest BCUT2D eigenvalue weighted by Crippen LogP contribution is -2.54. The lowest BCUT2D eigenvalue weighted by atomic mass is 9.47. The van der Waals surface area contributed by atoms with E-state index in [4.69, 9.17) is 0 Å². The number of hydrogen-bond acceptors (Lipinski definition) is 3. The van der Waals surface area contributed by atoms with Crippen LogP contribution in [0.1, 0.15) is 58.8 Å². The third-order valence-electron chi connectivity index (χ3n) is 7.69. The fraction of sp³-hybridized carbons (Fsp3) is 0.789. The van der Waals surface area contributed by atoms with Gasteiger partial charge in [0.25, 0.3) is 0 Å². The van der Waals surface area contributed by atoms with Gasteiger partial charge in [-0.25, -0.2) is 0 Å². The Labute approximate surface area is 132 Å². The van der Waals surface area contributed by atoms with Crippen molar-refractivity contribution in [2.45, 2.75) is 64.9 Å². The van der Waals surface area contributed by atoms with Gasteiger partial charge in [-0.3, -0.25) is 9.59 Å². The third kappa shape index (κ3) is 1.72. The minimum atomic E-state index is -0.492. The minimum absolute atomic E-state index is 0.0385. The molecule has 0 aromatic heterocycles. The molecule has 120 valence electrons. The Balaban J connectivity index is 1.74. The van der Waals surface area contributed by atoms with E-state index in [-0.39, 0.29) is 16.6 Å². The molecule has 5 unspecified atom stereocenters. The van der Waals surface area contributed by atoms with E-state index in [1.54, 1.807) is 6.08 Å². The summed E-state index contributed by atoms with van der Waals surface area (Å²) in [5, 5.41) is 10.7. The zero-order valence-electron chi connectivity index (χ0n) is 13.6. The number of carbonyl (C=O) groups is 2. The van der Waals surface area contributed by atoms with Crippen molar-refractivity contribution in [3.63, 3.8) is 0 Å². The van der Waals surface area contributed by atoms with Gasteiger partial charge in [-0.2, -0.15) is 0 Å². The van der Waals surface area contributed by atoms with E-state index in [9.17, 15) is 14.7 Å². The Hall–Kier alpha value is -0.960. The number of hydrogen-bond donors (Lipinski definition) is 1. The van der Waals surface area contributed by atoms with Crippen molar-refractivity contribution >= 4 is 11.6 Å². The monoisotopic (exact) mass is 302 g/mol. The van der Waals surface area contributed by atoms with E-state index in [0.29, 0.717) is 30.0 Å². The largest absolute Gasteiger partial charge is 0.389 e. The Kier molecular flexibility index (Phi) is 3.01. The number of fused-ring (bicyclic) bond motifs is 5. The van der Waals surface area contributed by atoms with Crippen LogP contribution in [-0.2, 0) is 9.59 Å². The first-order valence-corrected chi connectivity index (χ1v) is 8.82. The third-order valence-corrected chi connectivity index (χ3v) is 7.69. The summed E-state index contributed by atoms with van der Waals surface area (Å²) in [7, 11) is 0. The van der Waals surface area contributed by atoms with Crippen LogP contribution in [0.5, 0.6) is 0 Å². The predicted molar refractivity (Wildman–Crippen MR) is 83.1 cm³/mol. The zero-order valence-corrected chi connectivity index (χ0v) is 13.6. The number of aliphatic hydroxyl groups is 1. The summed E-state index contributed by atoms with van der Waals surface area (Å²) in [6.45, 7) is 4.42. The molecule has 4 aliphatic carbocycles. The summed E-state index contributed by atoms with van der Waals surface area (Å²) in [5.41, 5.74) is 0.796. The number of Topliss-reactive ketones (excluding diaryl/α,β-unsaturated/α-hetero) is 1. The highest BCUT2D eigenvalue weighted by molar-refractivity contribution is 5.92. The van der Waals surface area contributed by atoms with Crippen molar-refractivity contribution < 1.29 is 14.7 Å². The van der Waals surface area contributed by atoms with E-state index < -0.39 is 6.10 Å². The molecule has 0 radical (unpaired) electrons.